The quantitative estimate of drug-likeness (QED) is 0.184. The number of halogens is 1. The van der Waals surface area contributed by atoms with E-state index in [1.54, 1.807) is 0 Å². The standard InChI is InChI=1S/C44H40BrNO/c1-43(2,3)29-17-21-31(22-18-29)46(32-23-19-30(20-24-32)44(4,5)6)38-12-8-11-36-35-10-7-9-34(41(35)47-42(36)38)33-25-15-27-13-14-28-16-26-37(45)40(33)39(27)28/h7-12,15-26H,13-14H2,1-6H3. The van der Waals surface area contributed by atoms with Gasteiger partial charge < -0.3 is 9.32 Å². The van der Waals surface area contributed by atoms with Crippen molar-refractivity contribution in [2.24, 2.45) is 0 Å². The van der Waals surface area contributed by atoms with Crippen molar-refractivity contribution in [3.63, 3.8) is 0 Å². The summed E-state index contributed by atoms with van der Waals surface area (Å²) in [6.45, 7) is 13.6. The zero-order valence-corrected chi connectivity index (χ0v) is 29.6. The molecule has 3 heteroatoms. The Kier molecular flexibility index (Phi) is 6.93. The second-order valence-corrected chi connectivity index (χ2v) is 16.0. The summed E-state index contributed by atoms with van der Waals surface area (Å²) in [7, 11) is 0. The van der Waals surface area contributed by atoms with Crippen LogP contribution in [0.2, 0.25) is 0 Å². The first-order valence-corrected chi connectivity index (χ1v) is 17.5. The van der Waals surface area contributed by atoms with Crippen molar-refractivity contribution in [1.82, 2.24) is 0 Å². The van der Waals surface area contributed by atoms with E-state index in [0.29, 0.717) is 0 Å². The Morgan fingerprint density at radius 2 is 1.06 bits per heavy atom. The number of para-hydroxylation sites is 2. The smallest absolute Gasteiger partial charge is 0.159 e. The summed E-state index contributed by atoms with van der Waals surface area (Å²) in [5.74, 6) is 0. The lowest BCUT2D eigenvalue weighted by atomic mass is 9.86. The van der Waals surface area contributed by atoms with Crippen LogP contribution in [0, 0.1) is 0 Å². The molecule has 0 N–H and O–H groups in total. The number of benzene rings is 6. The van der Waals surface area contributed by atoms with Crippen molar-refractivity contribution in [1.29, 1.82) is 0 Å². The van der Waals surface area contributed by atoms with E-state index in [2.05, 4.69) is 172 Å². The largest absolute Gasteiger partial charge is 0.453 e. The van der Waals surface area contributed by atoms with Crippen molar-refractivity contribution < 1.29 is 4.42 Å². The molecule has 6 aromatic carbocycles. The van der Waals surface area contributed by atoms with E-state index in [9.17, 15) is 0 Å². The van der Waals surface area contributed by atoms with Crippen LogP contribution in [0.25, 0.3) is 43.8 Å². The number of anilines is 3. The van der Waals surface area contributed by atoms with Crippen LogP contribution in [-0.2, 0) is 23.7 Å². The van der Waals surface area contributed by atoms with Crippen LogP contribution in [0.3, 0.4) is 0 Å². The first-order valence-electron chi connectivity index (χ1n) is 16.7. The average Bonchev–Trinajstić information content (AvgIpc) is 3.65. The van der Waals surface area contributed by atoms with E-state index >= 15 is 0 Å². The molecule has 234 valence electrons. The molecule has 8 rings (SSSR count). The Morgan fingerprint density at radius 1 is 0.532 bits per heavy atom. The molecule has 0 saturated carbocycles. The average molecular weight is 679 g/mol. The van der Waals surface area contributed by atoms with Gasteiger partial charge in [-0.15, -0.1) is 0 Å². The zero-order valence-electron chi connectivity index (χ0n) is 28.0. The van der Waals surface area contributed by atoms with Crippen molar-refractivity contribution in [2.45, 2.75) is 65.2 Å². The topological polar surface area (TPSA) is 16.4 Å². The molecule has 1 aliphatic carbocycles. The van der Waals surface area contributed by atoms with Crippen LogP contribution >= 0.6 is 15.9 Å². The van der Waals surface area contributed by atoms with E-state index in [1.807, 2.05) is 0 Å². The van der Waals surface area contributed by atoms with Crippen molar-refractivity contribution in [3.8, 4) is 11.1 Å². The highest BCUT2D eigenvalue weighted by Crippen LogP contribution is 2.47. The Labute approximate surface area is 286 Å². The Morgan fingerprint density at radius 3 is 1.64 bits per heavy atom. The summed E-state index contributed by atoms with van der Waals surface area (Å²) in [4.78, 5) is 2.35. The van der Waals surface area contributed by atoms with Crippen molar-refractivity contribution in [3.05, 3.63) is 136 Å². The molecule has 0 unspecified atom stereocenters. The minimum atomic E-state index is 0.0739. The maximum absolute atomic E-state index is 7.06. The lowest BCUT2D eigenvalue weighted by molar-refractivity contribution is 0.590. The van der Waals surface area contributed by atoms with Crippen LogP contribution < -0.4 is 4.90 Å². The van der Waals surface area contributed by atoms with Gasteiger partial charge in [-0.1, -0.05) is 130 Å². The Bertz CT molecular complexity index is 2240. The predicted molar refractivity (Wildman–Crippen MR) is 204 cm³/mol. The van der Waals surface area contributed by atoms with Gasteiger partial charge in [0.25, 0.3) is 0 Å². The number of rotatable bonds is 4. The van der Waals surface area contributed by atoms with Crippen molar-refractivity contribution >= 4 is 65.7 Å². The maximum atomic E-state index is 7.06. The molecular weight excluding hydrogens is 638 g/mol. The molecule has 1 aliphatic rings. The minimum Gasteiger partial charge on any atom is -0.453 e. The van der Waals surface area contributed by atoms with Crippen molar-refractivity contribution in [2.75, 3.05) is 4.90 Å². The summed E-state index contributed by atoms with van der Waals surface area (Å²) in [6.07, 6.45) is 2.20. The van der Waals surface area contributed by atoms with Gasteiger partial charge in [0.2, 0.25) is 0 Å². The number of hydrogen-bond donors (Lipinski definition) is 0. The minimum absolute atomic E-state index is 0.0739. The number of aryl methyl sites for hydroxylation is 2. The lowest BCUT2D eigenvalue weighted by Gasteiger charge is -2.28. The molecule has 0 aliphatic heterocycles. The van der Waals surface area contributed by atoms with Gasteiger partial charge in [0.1, 0.15) is 5.58 Å². The van der Waals surface area contributed by atoms with Gasteiger partial charge in [0, 0.05) is 37.6 Å². The van der Waals surface area contributed by atoms with E-state index in [-0.39, 0.29) is 10.8 Å². The molecule has 0 spiro atoms. The molecule has 0 saturated heterocycles. The molecule has 0 bridgehead atoms. The van der Waals surface area contributed by atoms with Crippen LogP contribution in [0.1, 0.15) is 63.8 Å². The Hall–Kier alpha value is -4.34. The summed E-state index contributed by atoms with van der Waals surface area (Å²) in [6, 6.07) is 40.2. The fraction of sp³-hybridized carbons (Fsp3) is 0.227. The van der Waals surface area contributed by atoms with Crippen LogP contribution in [0.5, 0.6) is 0 Å². The second-order valence-electron chi connectivity index (χ2n) is 15.1. The fourth-order valence-corrected chi connectivity index (χ4v) is 7.90. The first kappa shape index (κ1) is 30.0. The molecular formula is C44H40BrNO. The fourth-order valence-electron chi connectivity index (χ4n) is 7.35. The van der Waals surface area contributed by atoms with Gasteiger partial charge in [-0.2, -0.15) is 0 Å². The van der Waals surface area contributed by atoms with E-state index < -0.39 is 0 Å². The summed E-state index contributed by atoms with van der Waals surface area (Å²) < 4.78 is 8.19. The van der Waals surface area contributed by atoms with Gasteiger partial charge in [0.15, 0.2) is 5.58 Å². The van der Waals surface area contributed by atoms with Gasteiger partial charge in [-0.05, 0) is 93.3 Å². The molecule has 7 aromatic rings. The van der Waals surface area contributed by atoms with Gasteiger partial charge in [-0.25, -0.2) is 0 Å². The molecule has 0 radical (unpaired) electrons. The van der Waals surface area contributed by atoms with Gasteiger partial charge in [-0.3, -0.25) is 0 Å². The molecule has 1 aromatic heterocycles. The van der Waals surface area contributed by atoms with Gasteiger partial charge >= 0.3 is 0 Å². The predicted octanol–water partition coefficient (Wildman–Crippen LogP) is 13.3. The lowest BCUT2D eigenvalue weighted by Crippen LogP contribution is -2.14. The molecule has 47 heavy (non-hydrogen) atoms. The summed E-state index contributed by atoms with van der Waals surface area (Å²) >= 11 is 3.92. The SMILES string of the molecule is CC(C)(C)c1ccc(N(c2ccc(C(C)(C)C)cc2)c2cccc3c2oc2c(-c4ccc5c6c(ccc(Br)c46)CC5)cccc23)cc1. The highest BCUT2D eigenvalue weighted by atomic mass is 79.9. The van der Waals surface area contributed by atoms with E-state index in [0.717, 1.165) is 61.9 Å². The molecule has 0 amide bonds. The number of furan rings is 1. The summed E-state index contributed by atoms with van der Waals surface area (Å²) in [5.41, 5.74) is 13.0. The number of hydrogen-bond acceptors (Lipinski definition) is 2. The maximum Gasteiger partial charge on any atom is 0.159 e. The molecule has 2 nitrogen and oxygen atoms in total. The third-order valence-electron chi connectivity index (χ3n) is 9.96. The van der Waals surface area contributed by atoms with E-state index in [1.165, 1.54) is 38.6 Å². The normalized spacial score (nSPS) is 13.3. The zero-order chi connectivity index (χ0) is 32.7. The third kappa shape index (κ3) is 4.98. The van der Waals surface area contributed by atoms with Crippen LogP contribution in [0.15, 0.2) is 118 Å². The van der Waals surface area contributed by atoms with Crippen LogP contribution in [-0.4, -0.2) is 0 Å². The second kappa shape index (κ2) is 10.9. The molecule has 0 fully saturated rings. The van der Waals surface area contributed by atoms with E-state index in [4.69, 9.17) is 4.42 Å². The third-order valence-corrected chi connectivity index (χ3v) is 10.6. The monoisotopic (exact) mass is 677 g/mol. The Balaban J connectivity index is 1.36. The number of fused-ring (bicyclic) bond motifs is 3. The van der Waals surface area contributed by atoms with Crippen LogP contribution in [0.4, 0.5) is 17.1 Å². The highest BCUT2D eigenvalue weighted by Gasteiger charge is 2.24. The number of nitrogens with zero attached hydrogens (tertiary/aromatic N) is 1. The highest BCUT2D eigenvalue weighted by molar-refractivity contribution is 9.10. The molecule has 0 atom stereocenters. The van der Waals surface area contributed by atoms with Gasteiger partial charge in [0.05, 0.1) is 5.69 Å². The summed E-state index contributed by atoms with van der Waals surface area (Å²) in [5, 5.41) is 4.93. The molecule has 1 heterocycles. The first-order chi connectivity index (χ1) is 22.5.